The number of nitrogens with zero attached hydrogens (tertiary/aromatic N) is 2. The zero-order valence-corrected chi connectivity index (χ0v) is 21.3. The second kappa shape index (κ2) is 8.64. The molecule has 0 radical (unpaired) electrons. The fourth-order valence-electron chi connectivity index (χ4n) is 3.54. The maximum Gasteiger partial charge on any atom is 0.387 e. The quantitative estimate of drug-likeness (QED) is 0.460. The van der Waals surface area contributed by atoms with E-state index in [0.29, 0.717) is 17.1 Å². The van der Waals surface area contributed by atoms with Crippen LogP contribution in [0.4, 0.5) is 29.5 Å². The highest BCUT2D eigenvalue weighted by Gasteiger charge is 2.46. The van der Waals surface area contributed by atoms with E-state index < -0.39 is 48.5 Å². The first-order valence-corrected chi connectivity index (χ1v) is 14.3. The van der Waals surface area contributed by atoms with Gasteiger partial charge in [0.25, 0.3) is 0 Å². The molecule has 3 rings (SSSR count). The van der Waals surface area contributed by atoms with Gasteiger partial charge in [0.1, 0.15) is 5.69 Å². The minimum absolute atomic E-state index is 0.0626. The molecule has 186 valence electrons. The summed E-state index contributed by atoms with van der Waals surface area (Å²) >= 11 is 0. The lowest BCUT2D eigenvalue weighted by molar-refractivity contribution is -0.118. The van der Waals surface area contributed by atoms with Crippen molar-refractivity contribution in [3.8, 4) is 5.75 Å². The molecule has 1 aromatic heterocycles. The number of hydrogen-bond donors (Lipinski definition) is 3. The van der Waals surface area contributed by atoms with Gasteiger partial charge in [-0.15, -0.1) is 0 Å². The molecule has 0 atom stereocenters. The van der Waals surface area contributed by atoms with Crippen molar-refractivity contribution in [3.63, 3.8) is 0 Å². The lowest BCUT2D eigenvalue weighted by atomic mass is 10.0. The number of H-pyrrole nitrogens is 1. The summed E-state index contributed by atoms with van der Waals surface area (Å²) in [6, 6.07) is 2.65. The number of halogens is 3. The van der Waals surface area contributed by atoms with Crippen LogP contribution < -0.4 is 15.4 Å². The smallest absolute Gasteiger partial charge is 0.387 e. The topological polar surface area (TPSA) is 99.4 Å². The molecule has 1 aliphatic heterocycles. The number of urea groups is 1. The number of para-hydroxylation sites is 1. The number of alkyl halides is 2. The van der Waals surface area contributed by atoms with Crippen molar-refractivity contribution < 1.29 is 27.5 Å². The standard InChI is InChI=1S/C22H30F3N5O3Si/c1-21(2)16-12(17(29-28-16)27-18(31)22(3,4)34(5,6)7)11-30(21)20(32)26-15-13(23)9-8-10-14(15)33-19(24)25/h8-10,19H,11H2,1-7H3,(H,26,32)(H2,27,28,29,31). The average molecular weight is 498 g/mol. The number of carbonyl (C=O) groups is 2. The monoisotopic (exact) mass is 497 g/mol. The molecule has 0 saturated carbocycles. The fraction of sp³-hybridized carbons (Fsp3) is 0.500. The first kappa shape index (κ1) is 25.6. The van der Waals surface area contributed by atoms with Gasteiger partial charge in [-0.1, -0.05) is 39.6 Å². The van der Waals surface area contributed by atoms with Gasteiger partial charge in [-0.2, -0.15) is 13.9 Å². The molecule has 1 aromatic carbocycles. The van der Waals surface area contributed by atoms with E-state index in [9.17, 15) is 22.8 Å². The second-order valence-corrected chi connectivity index (χ2v) is 16.1. The number of amides is 3. The van der Waals surface area contributed by atoms with Crippen LogP contribution in [0, 0.1) is 5.82 Å². The first-order valence-electron chi connectivity index (χ1n) is 10.8. The predicted molar refractivity (Wildman–Crippen MR) is 125 cm³/mol. The van der Waals surface area contributed by atoms with Crippen LogP contribution in [-0.4, -0.2) is 41.7 Å². The SMILES string of the molecule is CC1(C)c2[nH]nc(NC(=O)C(C)(C)[Si](C)(C)C)c2CN1C(=O)Nc1c(F)cccc1OC(F)F. The third-order valence-electron chi connectivity index (χ3n) is 6.81. The minimum Gasteiger partial charge on any atom is -0.432 e. The number of aromatic nitrogens is 2. The van der Waals surface area contributed by atoms with Crippen molar-refractivity contribution in [2.75, 3.05) is 10.6 Å². The Morgan fingerprint density at radius 2 is 1.88 bits per heavy atom. The Hall–Kier alpha value is -3.02. The number of anilines is 2. The summed E-state index contributed by atoms with van der Waals surface area (Å²) in [7, 11) is -1.86. The van der Waals surface area contributed by atoms with Crippen molar-refractivity contribution >= 4 is 31.5 Å². The van der Waals surface area contributed by atoms with Gasteiger partial charge in [0.05, 0.1) is 25.9 Å². The summed E-state index contributed by atoms with van der Waals surface area (Å²) in [5.74, 6) is -1.24. The van der Waals surface area contributed by atoms with E-state index in [1.807, 2.05) is 13.8 Å². The largest absolute Gasteiger partial charge is 0.432 e. The van der Waals surface area contributed by atoms with E-state index in [2.05, 4.69) is 45.2 Å². The van der Waals surface area contributed by atoms with Crippen LogP contribution in [0.5, 0.6) is 5.75 Å². The molecule has 1 aliphatic rings. The Morgan fingerprint density at radius 3 is 2.47 bits per heavy atom. The van der Waals surface area contributed by atoms with Gasteiger partial charge in [0, 0.05) is 10.6 Å². The molecular weight excluding hydrogens is 467 g/mol. The van der Waals surface area contributed by atoms with Gasteiger partial charge < -0.3 is 20.3 Å². The number of hydrogen-bond acceptors (Lipinski definition) is 4. The number of nitrogens with one attached hydrogen (secondary N) is 3. The number of ether oxygens (including phenoxy) is 1. The Kier molecular flexibility index (Phi) is 6.50. The summed E-state index contributed by atoms with van der Waals surface area (Å²) in [6.07, 6.45) is 0. The molecular formula is C22H30F3N5O3Si. The Balaban J connectivity index is 1.85. The molecule has 8 nitrogen and oxygen atoms in total. The van der Waals surface area contributed by atoms with E-state index >= 15 is 0 Å². The van der Waals surface area contributed by atoms with Gasteiger partial charge in [0.15, 0.2) is 17.4 Å². The molecule has 3 amide bonds. The number of benzene rings is 1. The van der Waals surface area contributed by atoms with Gasteiger partial charge >= 0.3 is 12.6 Å². The highest BCUT2D eigenvalue weighted by atomic mass is 28.3. The van der Waals surface area contributed by atoms with E-state index in [4.69, 9.17) is 0 Å². The van der Waals surface area contributed by atoms with E-state index in [1.165, 1.54) is 11.0 Å². The molecule has 0 unspecified atom stereocenters. The van der Waals surface area contributed by atoms with Crippen LogP contribution >= 0.6 is 0 Å². The molecule has 0 bridgehead atoms. The van der Waals surface area contributed by atoms with Crippen LogP contribution in [0.3, 0.4) is 0 Å². The molecule has 0 fully saturated rings. The zero-order valence-electron chi connectivity index (χ0n) is 20.3. The second-order valence-electron chi connectivity index (χ2n) is 10.3. The Bertz CT molecular complexity index is 1110. The number of carbonyl (C=O) groups excluding carboxylic acids is 2. The van der Waals surface area contributed by atoms with Crippen molar-refractivity contribution in [2.24, 2.45) is 0 Å². The molecule has 12 heteroatoms. The molecule has 3 N–H and O–H groups in total. The number of fused-ring (bicyclic) bond motifs is 1. The van der Waals surface area contributed by atoms with E-state index in [1.54, 1.807) is 13.8 Å². The first-order chi connectivity index (χ1) is 15.6. The molecule has 0 spiro atoms. The summed E-state index contributed by atoms with van der Waals surface area (Å²) in [5, 5.41) is 11.8. The van der Waals surface area contributed by atoms with Gasteiger partial charge in [-0.05, 0) is 26.0 Å². The molecule has 2 heterocycles. The zero-order chi connectivity index (χ0) is 25.6. The maximum absolute atomic E-state index is 14.3. The van der Waals surface area contributed by atoms with Gasteiger partial charge in [-0.3, -0.25) is 9.89 Å². The van der Waals surface area contributed by atoms with Gasteiger partial charge in [0.2, 0.25) is 5.91 Å². The van der Waals surface area contributed by atoms with Crippen molar-refractivity contribution in [1.82, 2.24) is 15.1 Å². The average Bonchev–Trinajstić information content (AvgIpc) is 3.21. The van der Waals surface area contributed by atoms with E-state index in [0.717, 1.165) is 12.1 Å². The fourth-order valence-corrected chi connectivity index (χ4v) is 4.29. The lowest BCUT2D eigenvalue weighted by Crippen LogP contribution is -2.44. The van der Waals surface area contributed by atoms with Crippen molar-refractivity contribution in [1.29, 1.82) is 0 Å². The molecule has 2 aromatic rings. The van der Waals surface area contributed by atoms with Crippen LogP contribution in [0.15, 0.2) is 18.2 Å². The summed E-state index contributed by atoms with van der Waals surface area (Å²) < 4.78 is 44.1. The predicted octanol–water partition coefficient (Wildman–Crippen LogP) is 5.49. The number of rotatable bonds is 6. The van der Waals surface area contributed by atoms with Gasteiger partial charge in [-0.25, -0.2) is 9.18 Å². The third-order valence-corrected chi connectivity index (χ3v) is 10.8. The normalized spacial score (nSPS) is 15.3. The minimum atomic E-state index is -3.18. The van der Waals surface area contributed by atoms with Crippen LogP contribution in [0.1, 0.15) is 39.0 Å². The summed E-state index contributed by atoms with van der Waals surface area (Å²) in [6.45, 7) is 10.5. The molecule has 0 saturated heterocycles. The van der Waals surface area contributed by atoms with Crippen LogP contribution in [0.25, 0.3) is 0 Å². The summed E-state index contributed by atoms with van der Waals surface area (Å²) in [5.41, 5.74) is -0.153. The number of aromatic amines is 1. The van der Waals surface area contributed by atoms with Crippen LogP contribution in [0.2, 0.25) is 24.7 Å². The lowest BCUT2D eigenvalue weighted by Gasteiger charge is -2.35. The molecule has 34 heavy (non-hydrogen) atoms. The van der Waals surface area contributed by atoms with Crippen molar-refractivity contribution in [3.05, 3.63) is 35.3 Å². The van der Waals surface area contributed by atoms with E-state index in [-0.39, 0.29) is 12.5 Å². The highest BCUT2D eigenvalue weighted by Crippen LogP contribution is 2.43. The third kappa shape index (κ3) is 4.50. The van der Waals surface area contributed by atoms with Crippen LogP contribution in [-0.2, 0) is 16.9 Å². The molecule has 0 aliphatic carbocycles. The van der Waals surface area contributed by atoms with Crippen molar-refractivity contribution in [2.45, 2.75) is 71.1 Å². The maximum atomic E-state index is 14.3. The highest BCUT2D eigenvalue weighted by molar-refractivity contribution is 6.82. The summed E-state index contributed by atoms with van der Waals surface area (Å²) in [4.78, 5) is 27.5. The Morgan fingerprint density at radius 1 is 1.24 bits per heavy atom. The Labute approximate surface area is 197 Å².